The molecule has 0 aliphatic heterocycles. The average Bonchev–Trinajstić information content (AvgIpc) is 2.99. The number of aromatic nitrogens is 3. The van der Waals surface area contributed by atoms with E-state index in [2.05, 4.69) is 53.3 Å². The van der Waals surface area contributed by atoms with Crippen LogP contribution < -0.4 is 5.32 Å². The normalized spacial score (nSPS) is 11.3. The first kappa shape index (κ1) is 17.6. The van der Waals surface area contributed by atoms with Crippen molar-refractivity contribution < 1.29 is 0 Å². The molecule has 1 aromatic heterocycles. The summed E-state index contributed by atoms with van der Waals surface area (Å²) in [4.78, 5) is 4.24. The molecule has 0 saturated heterocycles. The van der Waals surface area contributed by atoms with E-state index in [1.807, 2.05) is 23.0 Å². The summed E-state index contributed by atoms with van der Waals surface area (Å²) in [7, 11) is 0. The van der Waals surface area contributed by atoms with Crippen molar-refractivity contribution in [1.29, 1.82) is 0 Å². The quantitative estimate of drug-likeness (QED) is 0.685. The molecule has 0 amide bonds. The molecule has 1 heterocycles. The molecular weight excluding hydrogens is 286 g/mol. The third kappa shape index (κ3) is 5.15. The maximum absolute atomic E-state index is 4.67. The molecule has 0 spiro atoms. The number of rotatable bonds is 10. The van der Waals surface area contributed by atoms with Crippen molar-refractivity contribution >= 4 is 0 Å². The summed E-state index contributed by atoms with van der Waals surface area (Å²) in [5.41, 5.74) is 3.16. The molecule has 0 atom stereocenters. The Bertz CT molecular complexity index is 560. The second-order valence-corrected chi connectivity index (χ2v) is 5.66. The zero-order valence-electron chi connectivity index (χ0n) is 14.6. The number of hydrogen-bond donors (Lipinski definition) is 1. The van der Waals surface area contributed by atoms with Crippen molar-refractivity contribution in [1.82, 2.24) is 25.2 Å². The summed E-state index contributed by atoms with van der Waals surface area (Å²) in [6.07, 6.45) is 1.04. The van der Waals surface area contributed by atoms with Gasteiger partial charge in [-0.1, -0.05) is 51.1 Å². The Morgan fingerprint density at radius 1 is 1.04 bits per heavy atom. The van der Waals surface area contributed by atoms with Crippen LogP contribution in [0.15, 0.2) is 30.3 Å². The van der Waals surface area contributed by atoms with Gasteiger partial charge in [0, 0.05) is 25.2 Å². The molecule has 2 aromatic rings. The minimum atomic E-state index is 0.759. The Kier molecular flexibility index (Phi) is 7.23. The highest BCUT2D eigenvalue weighted by atomic mass is 15.5. The molecule has 126 valence electrons. The molecule has 0 aliphatic rings. The van der Waals surface area contributed by atoms with E-state index in [-0.39, 0.29) is 0 Å². The Labute approximate surface area is 139 Å². The highest BCUT2D eigenvalue weighted by Gasteiger charge is 2.12. The van der Waals surface area contributed by atoms with Crippen LogP contribution in [0.2, 0.25) is 0 Å². The summed E-state index contributed by atoms with van der Waals surface area (Å²) >= 11 is 0. The molecular formula is C18H29N5. The molecule has 23 heavy (non-hydrogen) atoms. The van der Waals surface area contributed by atoms with Crippen LogP contribution in [0, 0.1) is 0 Å². The van der Waals surface area contributed by atoms with Gasteiger partial charge in [0.1, 0.15) is 11.4 Å². The molecule has 0 aliphatic carbocycles. The third-order valence-electron chi connectivity index (χ3n) is 3.99. The van der Waals surface area contributed by atoms with Gasteiger partial charge in [-0.2, -0.15) is 15.0 Å². The Hall–Kier alpha value is -1.72. The molecule has 1 aromatic carbocycles. The lowest BCUT2D eigenvalue weighted by Crippen LogP contribution is -2.31. The van der Waals surface area contributed by atoms with Crippen LogP contribution in [0.1, 0.15) is 32.9 Å². The number of nitrogens with zero attached hydrogens (tertiary/aromatic N) is 4. The van der Waals surface area contributed by atoms with Crippen molar-refractivity contribution in [2.45, 2.75) is 40.3 Å². The minimum Gasteiger partial charge on any atom is -0.310 e. The topological polar surface area (TPSA) is 46.0 Å². The monoisotopic (exact) mass is 315 g/mol. The lowest BCUT2D eigenvalue weighted by atomic mass is 10.1. The third-order valence-corrected chi connectivity index (χ3v) is 3.99. The Morgan fingerprint density at radius 3 is 2.43 bits per heavy atom. The Morgan fingerprint density at radius 2 is 1.78 bits per heavy atom. The lowest BCUT2D eigenvalue weighted by molar-refractivity contribution is 0.302. The van der Waals surface area contributed by atoms with Gasteiger partial charge in [-0.05, 0) is 19.5 Å². The van der Waals surface area contributed by atoms with Gasteiger partial charge in [0.2, 0.25) is 0 Å². The Balaban J connectivity index is 2.02. The zero-order valence-corrected chi connectivity index (χ0v) is 14.6. The highest BCUT2D eigenvalue weighted by Crippen LogP contribution is 2.19. The van der Waals surface area contributed by atoms with E-state index < -0.39 is 0 Å². The van der Waals surface area contributed by atoms with Gasteiger partial charge in [-0.3, -0.25) is 0 Å². The smallest absolute Gasteiger partial charge is 0.117 e. The molecule has 0 radical (unpaired) electrons. The predicted molar refractivity (Wildman–Crippen MR) is 95.2 cm³/mol. The van der Waals surface area contributed by atoms with Crippen LogP contribution in [0.25, 0.3) is 11.3 Å². The van der Waals surface area contributed by atoms with Crippen molar-refractivity contribution in [3.8, 4) is 11.3 Å². The van der Waals surface area contributed by atoms with Crippen LogP contribution in [-0.2, 0) is 13.1 Å². The molecule has 0 bridgehead atoms. The summed E-state index contributed by atoms with van der Waals surface area (Å²) in [5.74, 6) is 0. The SMILES string of the molecule is CCCn1nc(CNCCN(CC)CC)c(-c2ccccc2)n1. The van der Waals surface area contributed by atoms with Crippen molar-refractivity contribution in [3.63, 3.8) is 0 Å². The molecule has 5 heteroatoms. The van der Waals surface area contributed by atoms with E-state index >= 15 is 0 Å². The van der Waals surface area contributed by atoms with Gasteiger partial charge in [-0.25, -0.2) is 0 Å². The lowest BCUT2D eigenvalue weighted by Gasteiger charge is -2.17. The molecule has 2 rings (SSSR count). The van der Waals surface area contributed by atoms with Crippen LogP contribution in [0.3, 0.4) is 0 Å². The number of benzene rings is 1. The largest absolute Gasteiger partial charge is 0.310 e. The number of hydrogen-bond acceptors (Lipinski definition) is 4. The van der Waals surface area contributed by atoms with Gasteiger partial charge in [0.05, 0.1) is 6.54 Å². The first-order valence-electron chi connectivity index (χ1n) is 8.70. The van der Waals surface area contributed by atoms with Crippen LogP contribution >= 0.6 is 0 Å². The van der Waals surface area contributed by atoms with Gasteiger partial charge < -0.3 is 10.2 Å². The fourth-order valence-corrected chi connectivity index (χ4v) is 2.61. The fraction of sp³-hybridized carbons (Fsp3) is 0.556. The number of likely N-dealkylation sites (N-methyl/N-ethyl adjacent to an activating group) is 1. The summed E-state index contributed by atoms with van der Waals surface area (Å²) in [5, 5.41) is 12.8. The molecule has 5 nitrogen and oxygen atoms in total. The van der Waals surface area contributed by atoms with E-state index in [0.717, 1.165) is 62.6 Å². The van der Waals surface area contributed by atoms with Gasteiger partial charge >= 0.3 is 0 Å². The predicted octanol–water partition coefficient (Wildman–Crippen LogP) is 2.79. The molecule has 0 unspecified atom stereocenters. The van der Waals surface area contributed by atoms with E-state index in [9.17, 15) is 0 Å². The first-order valence-corrected chi connectivity index (χ1v) is 8.70. The van der Waals surface area contributed by atoms with E-state index in [1.165, 1.54) is 0 Å². The maximum Gasteiger partial charge on any atom is 0.117 e. The van der Waals surface area contributed by atoms with E-state index in [1.54, 1.807) is 0 Å². The highest BCUT2D eigenvalue weighted by molar-refractivity contribution is 5.60. The fourth-order valence-electron chi connectivity index (χ4n) is 2.61. The van der Waals surface area contributed by atoms with E-state index in [4.69, 9.17) is 0 Å². The van der Waals surface area contributed by atoms with E-state index in [0.29, 0.717) is 0 Å². The molecule has 0 saturated carbocycles. The molecule has 1 N–H and O–H groups in total. The number of nitrogens with one attached hydrogen (secondary N) is 1. The van der Waals surface area contributed by atoms with Gasteiger partial charge in [0.15, 0.2) is 0 Å². The summed E-state index contributed by atoms with van der Waals surface area (Å²) in [6.45, 7) is 12.4. The maximum atomic E-state index is 4.67. The van der Waals surface area contributed by atoms with Crippen LogP contribution in [-0.4, -0.2) is 46.1 Å². The minimum absolute atomic E-state index is 0.759. The van der Waals surface area contributed by atoms with Crippen LogP contribution in [0.5, 0.6) is 0 Å². The standard InChI is InChI=1S/C18H29N5/c1-4-13-23-20-17(15-19-12-14-22(5-2)6-3)18(21-23)16-10-8-7-9-11-16/h7-11,19H,4-6,12-15H2,1-3H3. The first-order chi connectivity index (χ1) is 11.3. The molecule has 0 fully saturated rings. The second kappa shape index (κ2) is 9.43. The summed E-state index contributed by atoms with van der Waals surface area (Å²) < 4.78 is 0. The van der Waals surface area contributed by atoms with Crippen molar-refractivity contribution in [2.24, 2.45) is 0 Å². The number of aryl methyl sites for hydroxylation is 1. The summed E-state index contributed by atoms with van der Waals surface area (Å²) in [6, 6.07) is 10.3. The van der Waals surface area contributed by atoms with Gasteiger partial charge in [-0.15, -0.1) is 0 Å². The van der Waals surface area contributed by atoms with Crippen LogP contribution in [0.4, 0.5) is 0 Å². The van der Waals surface area contributed by atoms with Gasteiger partial charge in [0.25, 0.3) is 0 Å². The second-order valence-electron chi connectivity index (χ2n) is 5.66. The van der Waals surface area contributed by atoms with Crippen molar-refractivity contribution in [3.05, 3.63) is 36.0 Å². The van der Waals surface area contributed by atoms with Crippen molar-refractivity contribution in [2.75, 3.05) is 26.2 Å². The average molecular weight is 315 g/mol. The zero-order chi connectivity index (χ0) is 16.5.